The van der Waals surface area contributed by atoms with E-state index in [4.69, 9.17) is 4.74 Å². The molecular formula is C19H19NO4. The van der Waals surface area contributed by atoms with E-state index in [1.807, 2.05) is 13.8 Å². The van der Waals surface area contributed by atoms with E-state index in [0.29, 0.717) is 23.5 Å². The minimum absolute atomic E-state index is 0.190. The normalized spacial score (nSPS) is 11.0. The molecule has 0 fully saturated rings. The lowest BCUT2D eigenvalue weighted by molar-refractivity contribution is -0.132. The van der Waals surface area contributed by atoms with E-state index < -0.39 is 11.9 Å². The summed E-state index contributed by atoms with van der Waals surface area (Å²) in [6.07, 6.45) is 1.41. The molecule has 1 amide bonds. The van der Waals surface area contributed by atoms with Crippen LogP contribution in [0.5, 0.6) is 5.75 Å². The summed E-state index contributed by atoms with van der Waals surface area (Å²) in [6.45, 7) is 4.36. The van der Waals surface area contributed by atoms with E-state index in [0.717, 1.165) is 5.56 Å². The third-order valence-electron chi connectivity index (χ3n) is 3.29. The Morgan fingerprint density at radius 2 is 1.71 bits per heavy atom. The molecule has 0 radical (unpaired) electrons. The summed E-state index contributed by atoms with van der Waals surface area (Å²) < 4.78 is 5.34. The van der Waals surface area contributed by atoms with Crippen LogP contribution in [0.2, 0.25) is 0 Å². The summed E-state index contributed by atoms with van der Waals surface area (Å²) in [7, 11) is 0. The zero-order valence-corrected chi connectivity index (χ0v) is 13.6. The molecule has 5 nitrogen and oxygen atoms in total. The van der Waals surface area contributed by atoms with Gasteiger partial charge in [-0.3, -0.25) is 4.79 Å². The predicted octanol–water partition coefficient (Wildman–Crippen LogP) is 3.25. The number of nitrogens with one attached hydrogen (secondary N) is 1. The fourth-order valence-corrected chi connectivity index (χ4v) is 2.04. The first-order valence-electron chi connectivity index (χ1n) is 7.55. The molecule has 0 aliphatic rings. The van der Waals surface area contributed by atoms with Crippen molar-refractivity contribution in [3.8, 4) is 5.75 Å². The highest BCUT2D eigenvalue weighted by atomic mass is 16.5. The number of benzene rings is 2. The van der Waals surface area contributed by atoms with Crippen LogP contribution >= 0.6 is 0 Å². The number of hydrogen-bond donors (Lipinski definition) is 2. The Hall–Kier alpha value is -3.08. The Kier molecular flexibility index (Phi) is 5.73. The number of amides is 1. The van der Waals surface area contributed by atoms with E-state index in [1.165, 1.54) is 6.08 Å². The minimum Gasteiger partial charge on any atom is -0.494 e. The van der Waals surface area contributed by atoms with E-state index in [2.05, 4.69) is 5.32 Å². The Bertz CT molecular complexity index is 746. The van der Waals surface area contributed by atoms with Crippen LogP contribution in [0.1, 0.15) is 28.4 Å². The minimum atomic E-state index is -1.20. The van der Waals surface area contributed by atoms with Crippen LogP contribution in [0.4, 0.5) is 0 Å². The molecule has 2 rings (SSSR count). The van der Waals surface area contributed by atoms with E-state index in [9.17, 15) is 14.7 Å². The summed E-state index contributed by atoms with van der Waals surface area (Å²) >= 11 is 0. The molecule has 0 aromatic heterocycles. The lowest BCUT2D eigenvalue weighted by atomic mass is 10.1. The number of carboxylic acid groups (broad SMARTS) is 1. The van der Waals surface area contributed by atoms with Crippen molar-refractivity contribution in [2.45, 2.75) is 13.8 Å². The standard InChI is InChI=1S/C19H19NO4/c1-3-24-16-10-6-14(7-11-16)12-17(19(22)23)20-18(21)15-8-4-13(2)5-9-15/h4-12H,3H2,1-2H3,(H,20,21)(H,22,23)/b17-12-. The first-order valence-corrected chi connectivity index (χ1v) is 7.55. The average molecular weight is 325 g/mol. The van der Waals surface area contributed by atoms with Crippen LogP contribution in [-0.4, -0.2) is 23.6 Å². The highest BCUT2D eigenvalue weighted by Crippen LogP contribution is 2.14. The molecule has 24 heavy (non-hydrogen) atoms. The maximum absolute atomic E-state index is 12.2. The monoisotopic (exact) mass is 325 g/mol. The van der Waals surface area contributed by atoms with Crippen molar-refractivity contribution in [1.29, 1.82) is 0 Å². The molecule has 2 N–H and O–H groups in total. The van der Waals surface area contributed by atoms with Gasteiger partial charge in [-0.2, -0.15) is 0 Å². The van der Waals surface area contributed by atoms with Gasteiger partial charge in [0.1, 0.15) is 11.4 Å². The SMILES string of the molecule is CCOc1ccc(/C=C(\NC(=O)c2ccc(C)cc2)C(=O)O)cc1. The summed E-state index contributed by atoms with van der Waals surface area (Å²) in [5, 5.41) is 11.7. The molecule has 0 heterocycles. The maximum atomic E-state index is 12.2. The highest BCUT2D eigenvalue weighted by molar-refractivity contribution is 6.02. The molecule has 0 saturated heterocycles. The molecule has 0 saturated carbocycles. The Labute approximate surface area is 140 Å². The maximum Gasteiger partial charge on any atom is 0.352 e. The number of aliphatic carboxylic acids is 1. The van der Waals surface area contributed by atoms with Gasteiger partial charge in [-0.05, 0) is 49.8 Å². The van der Waals surface area contributed by atoms with Gasteiger partial charge < -0.3 is 15.2 Å². The zero-order chi connectivity index (χ0) is 17.5. The van der Waals surface area contributed by atoms with Crippen LogP contribution in [0.15, 0.2) is 54.2 Å². The van der Waals surface area contributed by atoms with E-state index in [1.54, 1.807) is 48.5 Å². The number of ether oxygens (including phenoxy) is 1. The van der Waals surface area contributed by atoms with Crippen LogP contribution in [-0.2, 0) is 4.79 Å². The van der Waals surface area contributed by atoms with Gasteiger partial charge in [0.15, 0.2) is 0 Å². The fraction of sp³-hybridized carbons (Fsp3) is 0.158. The van der Waals surface area contributed by atoms with Crippen LogP contribution in [0.25, 0.3) is 6.08 Å². The van der Waals surface area contributed by atoms with Gasteiger partial charge in [0.05, 0.1) is 6.61 Å². The Morgan fingerprint density at radius 3 is 2.25 bits per heavy atom. The molecule has 0 unspecified atom stereocenters. The van der Waals surface area contributed by atoms with Crippen LogP contribution < -0.4 is 10.1 Å². The predicted molar refractivity (Wildman–Crippen MR) is 91.9 cm³/mol. The molecule has 124 valence electrons. The number of rotatable bonds is 6. The second kappa shape index (κ2) is 7.97. The van der Waals surface area contributed by atoms with Gasteiger partial charge in [0.25, 0.3) is 5.91 Å². The van der Waals surface area contributed by atoms with Crippen molar-refractivity contribution < 1.29 is 19.4 Å². The molecule has 2 aromatic carbocycles. The summed E-state index contributed by atoms with van der Waals surface area (Å²) in [6, 6.07) is 13.9. The topological polar surface area (TPSA) is 75.6 Å². The molecular weight excluding hydrogens is 306 g/mol. The van der Waals surface area contributed by atoms with Crippen molar-refractivity contribution in [2.24, 2.45) is 0 Å². The Morgan fingerprint density at radius 1 is 1.08 bits per heavy atom. The molecule has 0 aliphatic carbocycles. The van der Waals surface area contributed by atoms with Crippen LogP contribution in [0.3, 0.4) is 0 Å². The third kappa shape index (κ3) is 4.71. The first kappa shape index (κ1) is 17.3. The average Bonchev–Trinajstić information content (AvgIpc) is 2.56. The van der Waals surface area contributed by atoms with Crippen molar-refractivity contribution in [1.82, 2.24) is 5.32 Å². The number of aryl methyl sites for hydroxylation is 1. The molecule has 5 heteroatoms. The number of carbonyl (C=O) groups is 2. The number of carbonyl (C=O) groups excluding carboxylic acids is 1. The Balaban J connectivity index is 2.17. The lowest BCUT2D eigenvalue weighted by Gasteiger charge is -2.07. The quantitative estimate of drug-likeness (QED) is 0.799. The number of hydrogen-bond acceptors (Lipinski definition) is 3. The second-order valence-corrected chi connectivity index (χ2v) is 5.19. The number of carboxylic acids is 1. The second-order valence-electron chi connectivity index (χ2n) is 5.19. The fourth-order valence-electron chi connectivity index (χ4n) is 2.04. The van der Waals surface area contributed by atoms with Gasteiger partial charge in [-0.1, -0.05) is 29.8 Å². The van der Waals surface area contributed by atoms with Crippen molar-refractivity contribution in [3.63, 3.8) is 0 Å². The van der Waals surface area contributed by atoms with Crippen molar-refractivity contribution >= 4 is 18.0 Å². The van der Waals surface area contributed by atoms with Gasteiger partial charge >= 0.3 is 5.97 Å². The lowest BCUT2D eigenvalue weighted by Crippen LogP contribution is -2.27. The van der Waals surface area contributed by atoms with E-state index >= 15 is 0 Å². The van der Waals surface area contributed by atoms with E-state index in [-0.39, 0.29) is 5.70 Å². The highest BCUT2D eigenvalue weighted by Gasteiger charge is 2.13. The van der Waals surface area contributed by atoms with Gasteiger partial charge in [-0.15, -0.1) is 0 Å². The zero-order valence-electron chi connectivity index (χ0n) is 13.6. The largest absolute Gasteiger partial charge is 0.494 e. The van der Waals surface area contributed by atoms with Crippen molar-refractivity contribution in [2.75, 3.05) is 6.61 Å². The van der Waals surface area contributed by atoms with Gasteiger partial charge in [0, 0.05) is 5.56 Å². The first-order chi connectivity index (χ1) is 11.5. The molecule has 0 spiro atoms. The summed E-state index contributed by atoms with van der Waals surface area (Å²) in [4.78, 5) is 23.6. The third-order valence-corrected chi connectivity index (χ3v) is 3.29. The molecule has 0 aliphatic heterocycles. The van der Waals surface area contributed by atoms with Crippen molar-refractivity contribution in [3.05, 3.63) is 70.9 Å². The molecule has 0 atom stereocenters. The molecule has 0 bridgehead atoms. The molecule has 2 aromatic rings. The summed E-state index contributed by atoms with van der Waals surface area (Å²) in [5.41, 5.74) is 1.89. The smallest absolute Gasteiger partial charge is 0.352 e. The van der Waals surface area contributed by atoms with Gasteiger partial charge in [0.2, 0.25) is 0 Å². The summed E-state index contributed by atoms with van der Waals surface area (Å²) in [5.74, 6) is -0.964. The van der Waals surface area contributed by atoms with Crippen LogP contribution in [0, 0.1) is 6.92 Å². The van der Waals surface area contributed by atoms with Gasteiger partial charge in [-0.25, -0.2) is 4.79 Å².